The van der Waals surface area contributed by atoms with Crippen LogP contribution in [0.15, 0.2) is 182 Å². The molecule has 6 aromatic carbocycles. The van der Waals surface area contributed by atoms with Gasteiger partial charge in [-0.15, -0.1) is 0 Å². The van der Waals surface area contributed by atoms with Crippen molar-refractivity contribution >= 4 is 30.2 Å². The van der Waals surface area contributed by atoms with E-state index in [1.54, 1.807) is 11.1 Å². The fourth-order valence-electron chi connectivity index (χ4n) is 8.56. The van der Waals surface area contributed by atoms with Gasteiger partial charge in [0.2, 0.25) is 0 Å². The fourth-order valence-corrected chi connectivity index (χ4v) is 36.8. The second-order valence-corrected chi connectivity index (χ2v) is 34.3. The van der Waals surface area contributed by atoms with E-state index in [0.29, 0.717) is 0 Å². The molecule has 0 radical (unpaired) electrons. The summed E-state index contributed by atoms with van der Waals surface area (Å²) in [5, 5.41) is 0. The van der Waals surface area contributed by atoms with Gasteiger partial charge in [-0.25, -0.2) is 0 Å². The summed E-state index contributed by atoms with van der Waals surface area (Å²) >= 11 is -2.57. The van der Waals surface area contributed by atoms with Crippen molar-refractivity contribution in [3.05, 3.63) is 238 Å². The Labute approximate surface area is 319 Å². The first kappa shape index (κ1) is 35.8. The molecule has 0 fully saturated rings. The Balaban J connectivity index is 0.000000220. The fraction of sp³-hybridized carbons (Fsp3) is 0.120. The molecule has 2 atom stereocenters. The summed E-state index contributed by atoms with van der Waals surface area (Å²) in [6, 6.07) is 57.5. The van der Waals surface area contributed by atoms with Crippen LogP contribution < -0.4 is 0 Å². The molecule has 0 saturated heterocycles. The average Bonchev–Trinajstić information content (AvgIpc) is 3.75. The molecule has 0 nitrogen and oxygen atoms in total. The van der Waals surface area contributed by atoms with Gasteiger partial charge in [-0.3, -0.25) is 0 Å². The van der Waals surface area contributed by atoms with Gasteiger partial charge in [-0.05, 0) is 11.1 Å². The second kappa shape index (κ2) is 16.0. The van der Waals surface area contributed by atoms with E-state index in [1.165, 1.54) is 44.5 Å². The average molecular weight is 767 g/mol. The van der Waals surface area contributed by atoms with Crippen LogP contribution in [0, 0.1) is 13.8 Å². The first-order chi connectivity index (χ1) is 25.4. The zero-order chi connectivity index (χ0) is 36.0. The first-order valence-electron chi connectivity index (χ1n) is 18.5. The van der Waals surface area contributed by atoms with Gasteiger partial charge < -0.3 is 0 Å². The quantitative estimate of drug-likeness (QED) is 0.107. The number of hydrogen-bond donors (Lipinski definition) is 0. The van der Waals surface area contributed by atoms with E-state index in [4.69, 9.17) is 0 Å². The van der Waals surface area contributed by atoms with Crippen LogP contribution in [0.5, 0.6) is 0 Å². The maximum absolute atomic E-state index is 2.65. The normalized spacial score (nSPS) is 18.4. The summed E-state index contributed by atoms with van der Waals surface area (Å²) < 4.78 is -0.0106. The van der Waals surface area contributed by atoms with Gasteiger partial charge in [-0.1, -0.05) is 85.0 Å². The number of benzene rings is 6. The third kappa shape index (κ3) is 6.83. The Morgan fingerprint density at radius 1 is 0.423 bits per heavy atom. The molecular formula is C50H47SiZr. The molecule has 6 aromatic rings. The third-order valence-corrected chi connectivity index (χ3v) is 33.4. The molecule has 0 spiro atoms. The standard InChI is InChI=1S/2C16H13.C16H14.C2H7Si.Zr/c2*1-12-6-2-4-8-14(12)16-11-10-13-7-3-5-9-15(13)16;1-3-9-15(10-4-1)13-7-8-14-16-11-5-2-6-12-16;1-3-2;/h2*2-11H,1H3;1-14H;3H,1-2H3;. The molecule has 0 aliphatic heterocycles. The molecule has 2 aliphatic carbocycles. The molecule has 2 heteroatoms. The third-order valence-electron chi connectivity index (χ3n) is 10.7. The van der Waals surface area contributed by atoms with Gasteiger partial charge in [0, 0.05) is 0 Å². The molecule has 2 aliphatic rings. The number of rotatable bonds is 8. The number of fused-ring (bicyclic) bond motifs is 2. The summed E-state index contributed by atoms with van der Waals surface area (Å²) in [5.74, 6) is -1.13. The van der Waals surface area contributed by atoms with Gasteiger partial charge in [0.15, 0.2) is 0 Å². The van der Waals surface area contributed by atoms with Crippen LogP contribution in [-0.4, -0.2) is 5.92 Å². The zero-order valence-electron chi connectivity index (χ0n) is 30.7. The molecule has 0 saturated carbocycles. The Morgan fingerprint density at radius 2 is 0.769 bits per heavy atom. The molecule has 0 amide bonds. The van der Waals surface area contributed by atoms with Crippen molar-refractivity contribution < 1.29 is 20.9 Å². The Morgan fingerprint density at radius 3 is 1.15 bits per heavy atom. The van der Waals surface area contributed by atoms with Crippen LogP contribution in [0.25, 0.3) is 24.3 Å². The number of allylic oxidation sites excluding steroid dienone is 4. The Kier molecular flexibility index (Phi) is 11.0. The van der Waals surface area contributed by atoms with Crippen molar-refractivity contribution in [2.75, 3.05) is 0 Å². The van der Waals surface area contributed by atoms with Crippen molar-refractivity contribution in [2.24, 2.45) is 0 Å². The van der Waals surface area contributed by atoms with Crippen molar-refractivity contribution in [1.82, 2.24) is 0 Å². The number of hydrogen-bond acceptors (Lipinski definition) is 0. The van der Waals surface area contributed by atoms with E-state index < -0.39 is 26.8 Å². The van der Waals surface area contributed by atoms with Crippen molar-refractivity contribution in [2.45, 2.75) is 33.2 Å². The van der Waals surface area contributed by atoms with Crippen LogP contribution >= 0.6 is 0 Å². The molecule has 0 N–H and O–H groups in total. The maximum atomic E-state index is 2.65. The monoisotopic (exact) mass is 765 g/mol. The van der Waals surface area contributed by atoms with Crippen LogP contribution in [0.3, 0.4) is 0 Å². The zero-order valence-corrected chi connectivity index (χ0v) is 34.3. The van der Waals surface area contributed by atoms with Crippen LogP contribution in [0.1, 0.15) is 55.6 Å². The Hall–Kier alpha value is -4.62. The molecule has 255 valence electrons. The SMILES string of the molecule is C(C=Cc1ccccc1)=Cc1ccccc1.Cc1ccccc1[C]1([Zr]([SiH](C)C)[C]2(c3ccccc3C)C=Cc3ccccc32)C=Cc2ccccc21. The summed E-state index contributed by atoms with van der Waals surface area (Å²) in [6.07, 6.45) is 18.5. The van der Waals surface area contributed by atoms with E-state index in [-0.39, 0.29) is 6.25 Å². The van der Waals surface area contributed by atoms with E-state index >= 15 is 0 Å². The van der Waals surface area contributed by atoms with E-state index in [1.807, 2.05) is 36.4 Å². The van der Waals surface area contributed by atoms with Gasteiger partial charge in [0.05, 0.1) is 0 Å². The minimum atomic E-state index is -2.57. The van der Waals surface area contributed by atoms with E-state index in [0.717, 1.165) is 0 Å². The van der Waals surface area contributed by atoms with E-state index in [2.05, 4.69) is 197 Å². The van der Waals surface area contributed by atoms with Crippen molar-refractivity contribution in [3.63, 3.8) is 0 Å². The van der Waals surface area contributed by atoms with Crippen molar-refractivity contribution in [1.29, 1.82) is 0 Å². The minimum absolute atomic E-state index is 0.00532. The molecule has 0 heterocycles. The summed E-state index contributed by atoms with van der Waals surface area (Å²) in [4.78, 5) is 0. The molecule has 0 bridgehead atoms. The van der Waals surface area contributed by atoms with Crippen LogP contribution in [0.4, 0.5) is 0 Å². The molecule has 8 rings (SSSR count). The molecule has 52 heavy (non-hydrogen) atoms. The topological polar surface area (TPSA) is 0 Å². The predicted molar refractivity (Wildman–Crippen MR) is 225 cm³/mol. The summed E-state index contributed by atoms with van der Waals surface area (Å²) in [7, 11) is 0. The van der Waals surface area contributed by atoms with E-state index in [9.17, 15) is 0 Å². The molecule has 0 aromatic heterocycles. The van der Waals surface area contributed by atoms with Crippen LogP contribution in [-0.2, 0) is 27.2 Å². The number of aryl methyl sites for hydroxylation is 2. The second-order valence-electron chi connectivity index (χ2n) is 14.2. The summed E-state index contributed by atoms with van der Waals surface area (Å²) in [5.41, 5.74) is 14.2. The predicted octanol–water partition coefficient (Wildman–Crippen LogP) is 12.6. The van der Waals surface area contributed by atoms with Gasteiger partial charge >= 0.3 is 226 Å². The van der Waals surface area contributed by atoms with Gasteiger partial charge in [-0.2, -0.15) is 0 Å². The first-order valence-corrected chi connectivity index (χ1v) is 28.1. The summed E-state index contributed by atoms with van der Waals surface area (Å²) in [6.45, 7) is 9.96. The molecular weight excluding hydrogens is 720 g/mol. The van der Waals surface area contributed by atoms with Crippen molar-refractivity contribution in [3.8, 4) is 0 Å². The van der Waals surface area contributed by atoms with Crippen LogP contribution in [0.2, 0.25) is 13.1 Å². The molecule has 2 unspecified atom stereocenters. The Bertz CT molecular complexity index is 2100. The van der Waals surface area contributed by atoms with Gasteiger partial charge in [0.25, 0.3) is 0 Å². The van der Waals surface area contributed by atoms with Gasteiger partial charge in [0.1, 0.15) is 0 Å².